The van der Waals surface area contributed by atoms with Crippen molar-refractivity contribution < 1.29 is 19.4 Å². The second kappa shape index (κ2) is 5.39. The zero-order valence-electron chi connectivity index (χ0n) is 10.4. The monoisotopic (exact) mass is 256 g/mol. The number of aliphatic carboxylic acids is 1. The maximum absolute atomic E-state index is 11.6. The van der Waals surface area contributed by atoms with Crippen LogP contribution in [-0.4, -0.2) is 40.0 Å². The third-order valence-corrected chi connectivity index (χ3v) is 2.09. The first kappa shape index (κ1) is 13.8. The van der Waals surface area contributed by atoms with Crippen LogP contribution < -0.4 is 11.1 Å². The Kier molecular flexibility index (Phi) is 4.13. The van der Waals surface area contributed by atoms with Crippen molar-refractivity contribution >= 4 is 23.6 Å². The number of nitrogen functional groups attached to an aromatic ring is 1. The van der Waals surface area contributed by atoms with Crippen LogP contribution in [0.1, 0.15) is 24.2 Å². The Morgan fingerprint density at radius 2 is 2.17 bits per heavy atom. The summed E-state index contributed by atoms with van der Waals surface area (Å²) in [6.07, 6.45) is 0. The molecule has 1 aromatic heterocycles. The zero-order chi connectivity index (χ0) is 13.9. The Hall–Kier alpha value is -2.25. The maximum atomic E-state index is 11.6. The quantitative estimate of drug-likeness (QED) is 0.641. The molecular formula is C10H16N4O4. The van der Waals surface area contributed by atoms with Crippen LogP contribution in [0.15, 0.2) is 0 Å². The van der Waals surface area contributed by atoms with E-state index in [2.05, 4.69) is 15.2 Å². The summed E-state index contributed by atoms with van der Waals surface area (Å²) in [5, 5.41) is 15.6. The number of hydrogen-bond donors (Lipinski definition) is 3. The summed E-state index contributed by atoms with van der Waals surface area (Å²) >= 11 is 0. The number of aromatic nitrogens is 2. The molecule has 0 unspecified atom stereocenters. The van der Waals surface area contributed by atoms with E-state index in [1.54, 1.807) is 0 Å². The number of carboxylic acid groups (broad SMARTS) is 1. The van der Waals surface area contributed by atoms with E-state index in [0.29, 0.717) is 0 Å². The van der Waals surface area contributed by atoms with E-state index in [4.69, 9.17) is 10.8 Å². The van der Waals surface area contributed by atoms with Crippen LogP contribution in [0.5, 0.6) is 0 Å². The minimum absolute atomic E-state index is 0.0148. The molecule has 1 aromatic rings. The molecule has 1 rings (SSSR count). The molecule has 0 atom stereocenters. The van der Waals surface area contributed by atoms with Gasteiger partial charge in [0.1, 0.15) is 17.9 Å². The summed E-state index contributed by atoms with van der Waals surface area (Å²) in [6.45, 7) is 3.29. The van der Waals surface area contributed by atoms with Crippen molar-refractivity contribution in [3.8, 4) is 0 Å². The molecule has 0 saturated heterocycles. The Bertz CT molecular complexity index is 467. The number of nitrogens with two attached hydrogens (primary N) is 1. The molecule has 100 valence electrons. The zero-order valence-corrected chi connectivity index (χ0v) is 10.4. The van der Waals surface area contributed by atoms with E-state index < -0.39 is 18.5 Å². The van der Waals surface area contributed by atoms with Gasteiger partial charge < -0.3 is 20.9 Å². The van der Waals surface area contributed by atoms with E-state index in [0.717, 1.165) is 4.68 Å². The second-order valence-electron chi connectivity index (χ2n) is 3.95. The Morgan fingerprint density at radius 3 is 2.61 bits per heavy atom. The fourth-order valence-corrected chi connectivity index (χ4v) is 1.40. The number of anilines is 2. The van der Waals surface area contributed by atoms with E-state index in [1.165, 1.54) is 7.11 Å². The first-order chi connectivity index (χ1) is 8.36. The van der Waals surface area contributed by atoms with Crippen molar-refractivity contribution in [1.29, 1.82) is 0 Å². The van der Waals surface area contributed by atoms with Gasteiger partial charge in [-0.25, -0.2) is 9.48 Å². The van der Waals surface area contributed by atoms with Crippen LogP contribution in [-0.2, 0) is 16.1 Å². The normalized spacial score (nSPS) is 10.4. The molecule has 0 aliphatic heterocycles. The summed E-state index contributed by atoms with van der Waals surface area (Å²) in [6, 6.07) is 0.0148. The summed E-state index contributed by atoms with van der Waals surface area (Å²) in [7, 11) is 1.22. The summed E-state index contributed by atoms with van der Waals surface area (Å²) in [5.74, 6) is -1.58. The van der Waals surface area contributed by atoms with Crippen molar-refractivity contribution in [1.82, 2.24) is 9.78 Å². The predicted molar refractivity (Wildman–Crippen MR) is 64.4 cm³/mol. The van der Waals surface area contributed by atoms with Gasteiger partial charge in [0.05, 0.1) is 7.11 Å². The number of rotatable bonds is 5. The topological polar surface area (TPSA) is 119 Å². The number of methoxy groups -OCH3 is 1. The largest absolute Gasteiger partial charge is 0.480 e. The molecule has 0 aliphatic rings. The van der Waals surface area contributed by atoms with Gasteiger partial charge in [0.15, 0.2) is 5.82 Å². The van der Waals surface area contributed by atoms with Crippen molar-refractivity contribution in [2.24, 2.45) is 0 Å². The maximum Gasteiger partial charge on any atom is 0.345 e. The summed E-state index contributed by atoms with van der Waals surface area (Å²) in [5.41, 5.74) is 5.75. The number of nitrogens with zero attached hydrogens (tertiary/aromatic N) is 2. The lowest BCUT2D eigenvalue weighted by molar-refractivity contribution is -0.137. The Morgan fingerprint density at radius 1 is 1.56 bits per heavy atom. The SMILES string of the molecule is COC(=O)c1c(NC(C)C)nn(CC(=O)O)c1N. The van der Waals surface area contributed by atoms with E-state index in [1.807, 2.05) is 13.8 Å². The molecule has 8 nitrogen and oxygen atoms in total. The van der Waals surface area contributed by atoms with Crippen LogP contribution in [0.4, 0.5) is 11.6 Å². The molecule has 0 aromatic carbocycles. The average Bonchev–Trinajstić information content (AvgIpc) is 2.53. The third-order valence-electron chi connectivity index (χ3n) is 2.09. The summed E-state index contributed by atoms with van der Waals surface area (Å²) < 4.78 is 5.64. The van der Waals surface area contributed by atoms with Crippen molar-refractivity contribution in [3.63, 3.8) is 0 Å². The molecule has 0 radical (unpaired) electrons. The van der Waals surface area contributed by atoms with E-state index in [-0.39, 0.29) is 23.2 Å². The fourth-order valence-electron chi connectivity index (χ4n) is 1.40. The lowest BCUT2D eigenvalue weighted by Gasteiger charge is -2.07. The average molecular weight is 256 g/mol. The van der Waals surface area contributed by atoms with Gasteiger partial charge in [0.25, 0.3) is 0 Å². The van der Waals surface area contributed by atoms with Crippen molar-refractivity contribution in [2.45, 2.75) is 26.4 Å². The van der Waals surface area contributed by atoms with Gasteiger partial charge in [-0.3, -0.25) is 4.79 Å². The highest BCUT2D eigenvalue weighted by Gasteiger charge is 2.24. The van der Waals surface area contributed by atoms with Crippen molar-refractivity contribution in [2.75, 3.05) is 18.2 Å². The van der Waals surface area contributed by atoms with Crippen LogP contribution in [0.3, 0.4) is 0 Å². The number of carbonyl (C=O) groups excluding carboxylic acids is 1. The molecular weight excluding hydrogens is 240 g/mol. The molecule has 0 bridgehead atoms. The van der Waals surface area contributed by atoms with Gasteiger partial charge in [0, 0.05) is 6.04 Å². The second-order valence-corrected chi connectivity index (χ2v) is 3.95. The highest BCUT2D eigenvalue weighted by molar-refractivity contribution is 5.99. The summed E-state index contributed by atoms with van der Waals surface area (Å²) in [4.78, 5) is 22.2. The molecule has 0 aliphatic carbocycles. The fraction of sp³-hybridized carbons (Fsp3) is 0.500. The van der Waals surface area contributed by atoms with Gasteiger partial charge in [-0.2, -0.15) is 5.10 Å². The van der Waals surface area contributed by atoms with Gasteiger partial charge in [-0.15, -0.1) is 0 Å². The van der Waals surface area contributed by atoms with Crippen LogP contribution in [0, 0.1) is 0 Å². The standard InChI is InChI=1S/C10H16N4O4/c1-5(2)12-9-7(10(17)18-3)8(11)14(13-9)4-6(15)16/h5H,4,11H2,1-3H3,(H,12,13)(H,15,16). The number of nitrogens with one attached hydrogen (secondary N) is 1. The predicted octanol–water partition coefficient (Wildman–Crippen LogP) is 0.157. The van der Waals surface area contributed by atoms with Gasteiger partial charge in [-0.1, -0.05) is 0 Å². The van der Waals surface area contributed by atoms with Crippen LogP contribution >= 0.6 is 0 Å². The van der Waals surface area contributed by atoms with Gasteiger partial charge in [-0.05, 0) is 13.8 Å². The molecule has 0 fully saturated rings. The van der Waals surface area contributed by atoms with Gasteiger partial charge in [0.2, 0.25) is 0 Å². The Labute approximate surface area is 104 Å². The van der Waals surface area contributed by atoms with Gasteiger partial charge >= 0.3 is 11.9 Å². The molecule has 18 heavy (non-hydrogen) atoms. The first-order valence-electron chi connectivity index (χ1n) is 5.29. The number of carbonyl (C=O) groups is 2. The third kappa shape index (κ3) is 2.90. The number of carboxylic acids is 1. The number of ether oxygens (including phenoxy) is 1. The molecule has 0 saturated carbocycles. The lowest BCUT2D eigenvalue weighted by atomic mass is 10.3. The van der Waals surface area contributed by atoms with Crippen molar-refractivity contribution in [3.05, 3.63) is 5.56 Å². The number of hydrogen-bond acceptors (Lipinski definition) is 6. The molecule has 8 heteroatoms. The molecule has 0 spiro atoms. The first-order valence-corrected chi connectivity index (χ1v) is 5.29. The van der Waals surface area contributed by atoms with Crippen LogP contribution in [0.2, 0.25) is 0 Å². The Balaban J connectivity index is 3.22. The number of esters is 1. The highest BCUT2D eigenvalue weighted by Crippen LogP contribution is 2.23. The molecule has 4 N–H and O–H groups in total. The minimum atomic E-state index is -1.10. The van der Waals surface area contributed by atoms with E-state index >= 15 is 0 Å². The van der Waals surface area contributed by atoms with Crippen LogP contribution in [0.25, 0.3) is 0 Å². The smallest absolute Gasteiger partial charge is 0.345 e. The lowest BCUT2D eigenvalue weighted by Crippen LogP contribution is -2.14. The van der Waals surface area contributed by atoms with E-state index in [9.17, 15) is 9.59 Å². The highest BCUT2D eigenvalue weighted by atomic mass is 16.5. The molecule has 0 amide bonds. The minimum Gasteiger partial charge on any atom is -0.480 e. The molecule has 1 heterocycles.